The van der Waals surface area contributed by atoms with Gasteiger partial charge in [-0.1, -0.05) is 60.7 Å². The first-order valence-electron chi connectivity index (χ1n) is 7.32. The first-order chi connectivity index (χ1) is 11.3. The lowest BCUT2D eigenvalue weighted by molar-refractivity contribution is -0.0441. The van der Waals surface area contributed by atoms with Crippen LogP contribution in [0.15, 0.2) is 60.7 Å². The van der Waals surface area contributed by atoms with Gasteiger partial charge in [0.1, 0.15) is 6.29 Å². The molecule has 2 aromatic rings. The van der Waals surface area contributed by atoms with Crippen molar-refractivity contribution in [2.45, 2.75) is 6.29 Å². The number of rotatable bonds is 3. The standard InChI is InChI=1S/C9H10O2.C7H6O.C2H6O2.H2O/c1-2-4-8(5-3-1)9-10-6-7-11-9;8-6-7-4-2-1-3-5-7;3-1-2-4;/h1-5,9H,6-7H2;1-6H;3-4H,1-2H2;1H2/p+1. The predicted octanol–water partition coefficient (Wildman–Crippen LogP) is 1.49. The van der Waals surface area contributed by atoms with Crippen LogP contribution in [0.4, 0.5) is 0 Å². The Hall–Kier alpha value is -2.09. The normalized spacial score (nSPS) is 12.8. The third-order valence-corrected chi connectivity index (χ3v) is 2.73. The number of ether oxygens (including phenoxy) is 2. The molecule has 1 aliphatic heterocycles. The molecule has 0 radical (unpaired) electrons. The molecule has 6 nitrogen and oxygen atoms in total. The van der Waals surface area contributed by atoms with Gasteiger partial charge in [0.05, 0.1) is 26.4 Å². The number of hydrogen-bond acceptors (Lipinski definition) is 5. The van der Waals surface area contributed by atoms with Gasteiger partial charge in [0.15, 0.2) is 6.29 Å². The summed E-state index contributed by atoms with van der Waals surface area (Å²) in [5, 5.41) is 15.2. The van der Waals surface area contributed by atoms with E-state index in [2.05, 4.69) is 0 Å². The van der Waals surface area contributed by atoms with Gasteiger partial charge in [-0.25, -0.2) is 0 Å². The smallest absolute Gasteiger partial charge is 0.412 e. The lowest BCUT2D eigenvalue weighted by Gasteiger charge is -2.07. The van der Waals surface area contributed by atoms with Crippen molar-refractivity contribution in [3.63, 3.8) is 0 Å². The zero-order valence-corrected chi connectivity index (χ0v) is 13.4. The summed E-state index contributed by atoms with van der Waals surface area (Å²) in [4.78, 5) is 10.0. The van der Waals surface area contributed by atoms with E-state index in [0.717, 1.165) is 17.4 Å². The Balaban J connectivity index is 0. The predicted molar refractivity (Wildman–Crippen MR) is 91.8 cm³/mol. The molecular weight excluding hydrogens is 312 g/mol. The summed E-state index contributed by atoms with van der Waals surface area (Å²) < 4.78 is 10.6. The van der Waals surface area contributed by atoms with Crippen LogP contribution >= 0.6 is 0 Å². The summed E-state index contributed by atoms with van der Waals surface area (Å²) in [5.74, 6) is 0. The van der Waals surface area contributed by atoms with Crippen LogP contribution in [-0.2, 0) is 9.47 Å². The van der Waals surface area contributed by atoms with E-state index in [0.29, 0.717) is 13.2 Å². The Kier molecular flexibility index (Phi) is 13.2. The van der Waals surface area contributed by atoms with Gasteiger partial charge in [0, 0.05) is 11.1 Å². The van der Waals surface area contributed by atoms with E-state index in [-0.39, 0.29) is 26.4 Å². The molecule has 1 saturated heterocycles. The highest BCUT2D eigenvalue weighted by molar-refractivity contribution is 5.74. The second-order valence-electron chi connectivity index (χ2n) is 4.46. The molecule has 0 amide bonds. The summed E-state index contributed by atoms with van der Waals surface area (Å²) in [5.41, 5.74) is 1.83. The lowest BCUT2D eigenvalue weighted by Crippen LogP contribution is -1.96. The quantitative estimate of drug-likeness (QED) is 0.825. The van der Waals surface area contributed by atoms with Gasteiger partial charge in [-0.05, 0) is 0 Å². The highest BCUT2D eigenvalue weighted by Crippen LogP contribution is 2.22. The van der Waals surface area contributed by atoms with Crippen LogP contribution in [0.5, 0.6) is 0 Å². The van der Waals surface area contributed by atoms with Crippen LogP contribution in [0.25, 0.3) is 0 Å². The first kappa shape index (κ1) is 21.9. The number of aldehydes is 1. The van der Waals surface area contributed by atoms with Crippen LogP contribution in [0.2, 0.25) is 0 Å². The minimum Gasteiger partial charge on any atom is -0.412 e. The molecule has 132 valence electrons. The Morgan fingerprint density at radius 1 is 0.917 bits per heavy atom. The molecule has 0 aromatic heterocycles. The van der Waals surface area contributed by atoms with Crippen molar-refractivity contribution in [1.29, 1.82) is 0 Å². The summed E-state index contributed by atoms with van der Waals surface area (Å²) in [6.45, 7) is 1.17. The topological polar surface area (TPSA) is 107 Å². The van der Waals surface area contributed by atoms with Gasteiger partial charge in [0.25, 0.3) is 0 Å². The molecule has 0 bridgehead atoms. The van der Waals surface area contributed by atoms with E-state index in [1.54, 1.807) is 12.1 Å². The van der Waals surface area contributed by atoms with Crippen molar-refractivity contribution in [3.8, 4) is 0 Å². The molecule has 0 atom stereocenters. The average Bonchev–Trinajstić information content (AvgIpc) is 3.19. The summed E-state index contributed by atoms with van der Waals surface area (Å²) in [6, 6.07) is 19.1. The summed E-state index contributed by atoms with van der Waals surface area (Å²) >= 11 is 0. The van der Waals surface area contributed by atoms with Gasteiger partial charge < -0.3 is 25.2 Å². The number of aliphatic hydroxyl groups excluding tert-OH is 2. The maximum absolute atomic E-state index is 10.0. The number of hydrogen-bond donors (Lipinski definition) is 2. The molecule has 6 heteroatoms. The van der Waals surface area contributed by atoms with Crippen LogP contribution in [0, 0.1) is 0 Å². The maximum Gasteiger partial charge on any atom is 1.00 e. The monoisotopic (exact) mass is 337 g/mol. The van der Waals surface area contributed by atoms with Crippen molar-refractivity contribution in [1.82, 2.24) is 0 Å². The second kappa shape index (κ2) is 14.5. The fourth-order valence-electron chi connectivity index (χ4n) is 1.69. The second-order valence-corrected chi connectivity index (χ2v) is 4.46. The molecule has 2 aromatic carbocycles. The zero-order chi connectivity index (χ0) is 16.8. The van der Waals surface area contributed by atoms with E-state index < -0.39 is 0 Å². The van der Waals surface area contributed by atoms with Crippen LogP contribution in [0.1, 0.15) is 23.6 Å². The summed E-state index contributed by atoms with van der Waals surface area (Å²) in [6.07, 6.45) is 0.705. The Morgan fingerprint density at radius 2 is 1.38 bits per heavy atom. The molecule has 0 aliphatic carbocycles. The molecular formula is C18H25O6+. The zero-order valence-electron chi connectivity index (χ0n) is 14.4. The van der Waals surface area contributed by atoms with Crippen LogP contribution < -0.4 is 0 Å². The fourth-order valence-corrected chi connectivity index (χ4v) is 1.69. The average molecular weight is 337 g/mol. The third-order valence-electron chi connectivity index (χ3n) is 2.73. The molecule has 0 unspecified atom stereocenters. The van der Waals surface area contributed by atoms with Gasteiger partial charge in [-0.2, -0.15) is 0 Å². The number of aliphatic hydroxyl groups is 2. The molecule has 24 heavy (non-hydrogen) atoms. The van der Waals surface area contributed by atoms with Gasteiger partial charge in [-0.3, -0.25) is 4.79 Å². The highest BCUT2D eigenvalue weighted by atomic mass is 16.7. The number of carbonyl (C=O) groups is 1. The van der Waals surface area contributed by atoms with Crippen molar-refractivity contribution < 1.29 is 31.4 Å². The minimum atomic E-state index is -0.129. The van der Waals surface area contributed by atoms with E-state index in [9.17, 15) is 4.79 Å². The van der Waals surface area contributed by atoms with E-state index in [1.165, 1.54) is 0 Å². The molecule has 0 spiro atoms. The van der Waals surface area contributed by atoms with Crippen molar-refractivity contribution in [3.05, 3.63) is 71.8 Å². The minimum absolute atomic E-state index is 0. The number of carbonyl (C=O) groups excluding carboxylic acids is 1. The number of benzene rings is 2. The molecule has 1 aliphatic rings. The van der Waals surface area contributed by atoms with Gasteiger partial charge >= 0.3 is 1.43 Å². The van der Waals surface area contributed by atoms with E-state index >= 15 is 0 Å². The van der Waals surface area contributed by atoms with Crippen molar-refractivity contribution in [2.75, 3.05) is 26.4 Å². The Bertz CT molecular complexity index is 516. The molecule has 1 heterocycles. The van der Waals surface area contributed by atoms with Gasteiger partial charge in [-0.15, -0.1) is 0 Å². The van der Waals surface area contributed by atoms with Crippen molar-refractivity contribution in [2.24, 2.45) is 0 Å². The molecule has 3 rings (SSSR count). The van der Waals surface area contributed by atoms with Crippen molar-refractivity contribution >= 4 is 6.29 Å². The summed E-state index contributed by atoms with van der Waals surface area (Å²) in [7, 11) is 0. The lowest BCUT2D eigenvalue weighted by atomic mass is 10.2. The molecule has 0 saturated carbocycles. The van der Waals surface area contributed by atoms with Crippen LogP contribution in [-0.4, -0.2) is 48.4 Å². The molecule has 4 N–H and O–H groups in total. The highest BCUT2D eigenvalue weighted by Gasteiger charge is 2.16. The molecule has 1 fully saturated rings. The Labute approximate surface area is 143 Å². The third kappa shape index (κ3) is 9.14. The Morgan fingerprint density at radius 3 is 1.75 bits per heavy atom. The van der Waals surface area contributed by atoms with Gasteiger partial charge in [0.2, 0.25) is 0 Å². The van der Waals surface area contributed by atoms with Crippen LogP contribution in [0.3, 0.4) is 0 Å². The van der Waals surface area contributed by atoms with E-state index in [1.807, 2.05) is 48.5 Å². The first-order valence-corrected chi connectivity index (χ1v) is 7.32. The largest absolute Gasteiger partial charge is 1.00 e. The fraction of sp³-hybridized carbons (Fsp3) is 0.278. The SMILES string of the molecule is O.O=Cc1ccccc1.OCCO.[H+].c1ccc(C2OCCO2)cc1. The maximum atomic E-state index is 10.0. The van der Waals surface area contributed by atoms with E-state index in [4.69, 9.17) is 19.7 Å².